The lowest BCUT2D eigenvalue weighted by molar-refractivity contribution is -0.126. The minimum absolute atomic E-state index is 0.0326. The van der Waals surface area contributed by atoms with E-state index in [0.29, 0.717) is 12.8 Å². The molecule has 0 spiro atoms. The van der Waals surface area contributed by atoms with Crippen molar-refractivity contribution in [3.8, 4) is 0 Å². The lowest BCUT2D eigenvalue weighted by atomic mass is 9.98. The third-order valence-corrected chi connectivity index (χ3v) is 8.14. The number of benzene rings is 2. The van der Waals surface area contributed by atoms with E-state index in [1.165, 1.54) is 0 Å². The summed E-state index contributed by atoms with van der Waals surface area (Å²) in [6, 6.07) is 18.8. The van der Waals surface area contributed by atoms with Gasteiger partial charge in [0.2, 0.25) is 11.8 Å². The van der Waals surface area contributed by atoms with Crippen LogP contribution in [0.15, 0.2) is 60.7 Å². The standard InChI is InChI=1S/C23H21NO4S2/c25-18(13-15-7-3-1-4-8-15)29-17-11-12-23(20(17)21(27)24-22(23)28)30-19(26)14-16-9-5-2-6-10-16/h1-10,17,20H,11-14H2,(H,24,27,28)/t17?,20-,23+/m0/s1. The summed E-state index contributed by atoms with van der Waals surface area (Å²) in [6.07, 6.45) is 1.45. The molecule has 5 nitrogen and oxygen atoms in total. The summed E-state index contributed by atoms with van der Waals surface area (Å²) in [5, 5.41) is 1.93. The zero-order valence-corrected chi connectivity index (χ0v) is 17.8. The molecule has 1 saturated carbocycles. The third kappa shape index (κ3) is 4.23. The first kappa shape index (κ1) is 20.9. The number of thioether (sulfide) groups is 2. The average molecular weight is 440 g/mol. The Bertz CT molecular complexity index is 979. The number of carbonyl (C=O) groups excluding carboxylic acids is 4. The second-order valence-corrected chi connectivity index (χ2v) is 10.2. The van der Waals surface area contributed by atoms with Crippen LogP contribution in [-0.4, -0.2) is 32.0 Å². The Hall–Kier alpha value is -2.38. The van der Waals surface area contributed by atoms with E-state index in [1.54, 1.807) is 0 Å². The number of nitrogens with one attached hydrogen (secondary N) is 1. The lowest BCUT2D eigenvalue weighted by Crippen LogP contribution is -2.38. The molecule has 0 radical (unpaired) electrons. The van der Waals surface area contributed by atoms with E-state index in [-0.39, 0.29) is 34.2 Å². The predicted octanol–water partition coefficient (Wildman–Crippen LogP) is 3.17. The van der Waals surface area contributed by atoms with Gasteiger partial charge in [-0.2, -0.15) is 0 Å². The molecule has 2 aromatic rings. The molecule has 2 aliphatic rings. The van der Waals surface area contributed by atoms with Gasteiger partial charge in [-0.25, -0.2) is 0 Å². The molecule has 1 unspecified atom stereocenters. The van der Waals surface area contributed by atoms with Gasteiger partial charge in [-0.05, 0) is 24.0 Å². The monoisotopic (exact) mass is 439 g/mol. The molecule has 2 amide bonds. The highest BCUT2D eigenvalue weighted by atomic mass is 32.2. The summed E-state index contributed by atoms with van der Waals surface area (Å²) in [7, 11) is 0. The van der Waals surface area contributed by atoms with Gasteiger partial charge in [-0.15, -0.1) is 0 Å². The van der Waals surface area contributed by atoms with Gasteiger partial charge in [-0.3, -0.25) is 24.5 Å². The van der Waals surface area contributed by atoms with Gasteiger partial charge in [0.1, 0.15) is 4.75 Å². The fraction of sp³-hybridized carbons (Fsp3) is 0.304. The molecule has 3 atom stereocenters. The van der Waals surface area contributed by atoms with Gasteiger partial charge in [0.05, 0.1) is 5.92 Å². The van der Waals surface area contributed by atoms with Crippen LogP contribution in [0.3, 0.4) is 0 Å². The van der Waals surface area contributed by atoms with Gasteiger partial charge in [0.15, 0.2) is 10.2 Å². The van der Waals surface area contributed by atoms with Gasteiger partial charge >= 0.3 is 0 Å². The van der Waals surface area contributed by atoms with Crippen molar-refractivity contribution in [2.45, 2.75) is 35.7 Å². The topological polar surface area (TPSA) is 80.3 Å². The molecule has 1 N–H and O–H groups in total. The van der Waals surface area contributed by atoms with Crippen molar-refractivity contribution in [3.63, 3.8) is 0 Å². The number of carbonyl (C=O) groups is 4. The van der Waals surface area contributed by atoms with Gasteiger partial charge in [0.25, 0.3) is 0 Å². The van der Waals surface area contributed by atoms with E-state index in [0.717, 1.165) is 34.7 Å². The summed E-state index contributed by atoms with van der Waals surface area (Å²) < 4.78 is -1.10. The van der Waals surface area contributed by atoms with Crippen LogP contribution in [-0.2, 0) is 32.0 Å². The number of amides is 2. The maximum absolute atomic E-state index is 12.7. The Morgan fingerprint density at radius 2 is 1.47 bits per heavy atom. The molecule has 0 bridgehead atoms. The van der Waals surface area contributed by atoms with Crippen molar-refractivity contribution in [1.82, 2.24) is 5.32 Å². The molecule has 1 aliphatic carbocycles. The molecule has 154 valence electrons. The number of hydrogen-bond donors (Lipinski definition) is 1. The summed E-state index contributed by atoms with van der Waals surface area (Å²) in [5.74, 6) is -1.44. The molecule has 2 aromatic carbocycles. The summed E-state index contributed by atoms with van der Waals surface area (Å²) in [4.78, 5) is 50.6. The minimum atomic E-state index is -1.10. The smallest absolute Gasteiger partial charge is 0.244 e. The highest BCUT2D eigenvalue weighted by molar-refractivity contribution is 8.16. The van der Waals surface area contributed by atoms with E-state index < -0.39 is 16.6 Å². The highest BCUT2D eigenvalue weighted by Gasteiger charge is 2.63. The van der Waals surface area contributed by atoms with Gasteiger partial charge in [-0.1, -0.05) is 84.2 Å². The van der Waals surface area contributed by atoms with Crippen LogP contribution in [0.2, 0.25) is 0 Å². The van der Waals surface area contributed by atoms with Crippen LogP contribution in [0.25, 0.3) is 0 Å². The van der Waals surface area contributed by atoms with Crippen LogP contribution in [0.1, 0.15) is 24.0 Å². The van der Waals surface area contributed by atoms with Crippen molar-refractivity contribution in [2.75, 3.05) is 0 Å². The van der Waals surface area contributed by atoms with E-state index in [4.69, 9.17) is 0 Å². The number of imide groups is 1. The Morgan fingerprint density at radius 1 is 0.900 bits per heavy atom. The largest absolute Gasteiger partial charge is 0.295 e. The van der Waals surface area contributed by atoms with E-state index in [2.05, 4.69) is 5.32 Å². The van der Waals surface area contributed by atoms with Gasteiger partial charge < -0.3 is 0 Å². The number of hydrogen-bond acceptors (Lipinski definition) is 6. The highest BCUT2D eigenvalue weighted by Crippen LogP contribution is 2.53. The van der Waals surface area contributed by atoms with Crippen LogP contribution >= 0.6 is 23.5 Å². The Labute approximate surface area is 183 Å². The van der Waals surface area contributed by atoms with Crippen molar-refractivity contribution in [3.05, 3.63) is 71.8 Å². The molecule has 0 aromatic heterocycles. The summed E-state index contributed by atoms with van der Waals surface area (Å²) in [6.45, 7) is 0. The van der Waals surface area contributed by atoms with Crippen molar-refractivity contribution in [2.24, 2.45) is 5.92 Å². The number of fused-ring (bicyclic) bond motifs is 1. The first-order valence-corrected chi connectivity index (χ1v) is 11.5. The molecular weight excluding hydrogens is 418 g/mol. The first-order valence-electron chi connectivity index (χ1n) is 9.82. The van der Waals surface area contributed by atoms with E-state index in [9.17, 15) is 19.2 Å². The number of rotatable bonds is 6. The average Bonchev–Trinajstić information content (AvgIpc) is 3.19. The normalized spacial score (nSPS) is 25.1. The van der Waals surface area contributed by atoms with Crippen molar-refractivity contribution < 1.29 is 19.2 Å². The van der Waals surface area contributed by atoms with Crippen molar-refractivity contribution >= 4 is 45.6 Å². The van der Waals surface area contributed by atoms with Crippen LogP contribution in [0.5, 0.6) is 0 Å². The predicted molar refractivity (Wildman–Crippen MR) is 118 cm³/mol. The molecule has 1 heterocycles. The molecule has 1 aliphatic heterocycles. The zero-order valence-electron chi connectivity index (χ0n) is 16.2. The maximum atomic E-state index is 12.7. The Balaban J connectivity index is 1.46. The van der Waals surface area contributed by atoms with E-state index >= 15 is 0 Å². The second kappa shape index (κ2) is 8.78. The lowest BCUT2D eigenvalue weighted by Gasteiger charge is -2.24. The molecule has 1 saturated heterocycles. The minimum Gasteiger partial charge on any atom is -0.295 e. The molecule has 4 rings (SSSR count). The summed E-state index contributed by atoms with van der Waals surface area (Å²) >= 11 is 2.11. The molecular formula is C23H21NO4S2. The first-order chi connectivity index (χ1) is 14.5. The molecule has 30 heavy (non-hydrogen) atoms. The molecule has 7 heteroatoms. The fourth-order valence-corrected chi connectivity index (χ4v) is 6.98. The fourth-order valence-electron chi connectivity index (χ4n) is 4.17. The van der Waals surface area contributed by atoms with Crippen LogP contribution < -0.4 is 5.32 Å². The SMILES string of the molecule is O=C(Cc1ccccc1)SC1CC[C@]2(SC(=O)Cc3ccccc3)C(=O)NC(=O)[C@H]12. The second-order valence-electron chi connectivity index (χ2n) is 7.55. The van der Waals surface area contributed by atoms with E-state index in [1.807, 2.05) is 60.7 Å². The maximum Gasteiger partial charge on any atom is 0.244 e. The Kier molecular flexibility index (Phi) is 6.11. The summed E-state index contributed by atoms with van der Waals surface area (Å²) in [5.41, 5.74) is 1.79. The third-order valence-electron chi connectivity index (χ3n) is 5.54. The molecule has 2 fully saturated rings. The van der Waals surface area contributed by atoms with Gasteiger partial charge in [0, 0.05) is 18.1 Å². The zero-order chi connectivity index (χ0) is 21.1. The van der Waals surface area contributed by atoms with Crippen LogP contribution in [0.4, 0.5) is 0 Å². The van der Waals surface area contributed by atoms with Crippen molar-refractivity contribution in [1.29, 1.82) is 0 Å². The quantitative estimate of drug-likeness (QED) is 0.697. The van der Waals surface area contributed by atoms with Crippen LogP contribution in [0, 0.1) is 5.92 Å². The Morgan fingerprint density at radius 3 is 2.07 bits per heavy atom.